The van der Waals surface area contributed by atoms with Gasteiger partial charge >= 0.3 is 5.97 Å². The Kier molecular flexibility index (Phi) is 9.85. The van der Waals surface area contributed by atoms with Crippen molar-refractivity contribution in [2.24, 2.45) is 11.8 Å². The van der Waals surface area contributed by atoms with Gasteiger partial charge in [0, 0.05) is 11.8 Å². The standard InChI is InChI=1S/C42H58O4/c1-39(2,3)31-22-26(23-32(35(31)43)40(4,5)6)20-29-18-19-30(37(29)46-38(45)28-16-14-13-15-17-28)21-27-24-33(41(7,8)9)36(44)34(25-27)42(10,11)12/h13-17,22-25,29-30,37,43-44H,18-21H2,1-12H3. The van der Waals surface area contributed by atoms with E-state index in [1.807, 2.05) is 30.3 Å². The van der Waals surface area contributed by atoms with Crippen molar-refractivity contribution in [2.45, 2.75) is 137 Å². The van der Waals surface area contributed by atoms with Crippen LogP contribution in [0.1, 0.15) is 140 Å². The molecule has 2 N–H and O–H groups in total. The summed E-state index contributed by atoms with van der Waals surface area (Å²) in [5.41, 5.74) is 5.87. The Labute approximate surface area is 278 Å². The number of aromatic hydroxyl groups is 2. The predicted octanol–water partition coefficient (Wildman–Crippen LogP) is 10.3. The van der Waals surface area contributed by atoms with Gasteiger partial charge in [-0.05, 0) is 92.9 Å². The van der Waals surface area contributed by atoms with Gasteiger partial charge in [0.15, 0.2) is 0 Å². The molecule has 2 unspecified atom stereocenters. The number of hydrogen-bond acceptors (Lipinski definition) is 4. The van der Waals surface area contributed by atoms with E-state index in [0.29, 0.717) is 17.1 Å². The van der Waals surface area contributed by atoms with E-state index in [1.54, 1.807) is 0 Å². The van der Waals surface area contributed by atoms with Crippen LogP contribution in [0.4, 0.5) is 0 Å². The average Bonchev–Trinajstić information content (AvgIpc) is 3.28. The number of carbonyl (C=O) groups excluding carboxylic acids is 1. The molecule has 1 saturated carbocycles. The van der Waals surface area contributed by atoms with Gasteiger partial charge in [0.1, 0.15) is 17.6 Å². The Morgan fingerprint density at radius 2 is 0.935 bits per heavy atom. The molecule has 3 aromatic rings. The van der Waals surface area contributed by atoms with Gasteiger partial charge in [-0.15, -0.1) is 0 Å². The third-order valence-corrected chi connectivity index (χ3v) is 9.66. The van der Waals surface area contributed by atoms with Crippen LogP contribution >= 0.6 is 0 Å². The number of ether oxygens (including phenoxy) is 1. The quantitative estimate of drug-likeness (QED) is 0.267. The lowest BCUT2D eigenvalue weighted by Crippen LogP contribution is -2.31. The Morgan fingerprint density at radius 3 is 1.24 bits per heavy atom. The molecule has 1 aliphatic carbocycles. The first-order chi connectivity index (χ1) is 21.1. The van der Waals surface area contributed by atoms with E-state index in [9.17, 15) is 15.0 Å². The molecule has 4 nitrogen and oxygen atoms in total. The van der Waals surface area contributed by atoms with Crippen molar-refractivity contribution in [1.29, 1.82) is 0 Å². The fourth-order valence-corrected chi connectivity index (χ4v) is 7.05. The van der Waals surface area contributed by atoms with Crippen molar-refractivity contribution in [3.05, 3.63) is 93.5 Å². The first-order valence-electron chi connectivity index (χ1n) is 17.1. The van der Waals surface area contributed by atoms with Gasteiger partial charge in [0.2, 0.25) is 0 Å². The molecular weight excluding hydrogens is 568 g/mol. The molecule has 0 bridgehead atoms. The van der Waals surface area contributed by atoms with Gasteiger partial charge < -0.3 is 14.9 Å². The first kappa shape index (κ1) is 35.6. The molecule has 4 heteroatoms. The van der Waals surface area contributed by atoms with Crippen LogP contribution < -0.4 is 0 Å². The zero-order valence-electron chi connectivity index (χ0n) is 30.5. The smallest absolute Gasteiger partial charge is 0.338 e. The number of hydrogen-bond donors (Lipinski definition) is 2. The minimum Gasteiger partial charge on any atom is -0.507 e. The largest absolute Gasteiger partial charge is 0.507 e. The van der Waals surface area contributed by atoms with Crippen molar-refractivity contribution in [3.8, 4) is 11.5 Å². The molecule has 46 heavy (non-hydrogen) atoms. The van der Waals surface area contributed by atoms with Crippen LogP contribution in [0, 0.1) is 11.8 Å². The molecule has 2 atom stereocenters. The Balaban J connectivity index is 1.75. The molecule has 1 aliphatic rings. The fraction of sp³-hybridized carbons (Fsp3) is 0.548. The zero-order chi connectivity index (χ0) is 34.4. The topological polar surface area (TPSA) is 66.8 Å². The highest BCUT2D eigenvalue weighted by molar-refractivity contribution is 5.89. The summed E-state index contributed by atoms with van der Waals surface area (Å²) in [6, 6.07) is 18.0. The van der Waals surface area contributed by atoms with Crippen molar-refractivity contribution in [1.82, 2.24) is 0 Å². The van der Waals surface area contributed by atoms with Crippen LogP contribution in [-0.4, -0.2) is 22.3 Å². The van der Waals surface area contributed by atoms with Crippen LogP contribution in [-0.2, 0) is 39.2 Å². The van der Waals surface area contributed by atoms with E-state index in [-0.39, 0.29) is 45.6 Å². The SMILES string of the molecule is CC(C)(C)c1cc(CC2CCC(Cc3cc(C(C)(C)C)c(O)c(C(C)(C)C)c3)C2OC(=O)c2ccccc2)cc(C(C)(C)C)c1O. The van der Waals surface area contributed by atoms with Gasteiger partial charge in [-0.1, -0.05) is 126 Å². The fourth-order valence-electron chi connectivity index (χ4n) is 7.05. The molecule has 250 valence electrons. The molecule has 0 spiro atoms. The Morgan fingerprint density at radius 1 is 0.609 bits per heavy atom. The van der Waals surface area contributed by atoms with Crippen molar-refractivity contribution in [2.75, 3.05) is 0 Å². The van der Waals surface area contributed by atoms with E-state index in [0.717, 1.165) is 47.9 Å². The van der Waals surface area contributed by atoms with E-state index in [1.165, 1.54) is 11.1 Å². The third kappa shape index (κ3) is 7.99. The molecular formula is C42H58O4. The Bertz CT molecular complexity index is 1380. The maximum atomic E-state index is 13.5. The second-order valence-corrected chi connectivity index (χ2v) is 17.8. The van der Waals surface area contributed by atoms with E-state index in [2.05, 4.69) is 107 Å². The van der Waals surface area contributed by atoms with Crippen LogP contribution in [0.15, 0.2) is 54.6 Å². The van der Waals surface area contributed by atoms with Crippen LogP contribution in [0.3, 0.4) is 0 Å². The molecule has 4 rings (SSSR count). The monoisotopic (exact) mass is 626 g/mol. The molecule has 0 heterocycles. The molecule has 1 fully saturated rings. The van der Waals surface area contributed by atoms with Crippen molar-refractivity contribution in [3.63, 3.8) is 0 Å². The maximum Gasteiger partial charge on any atom is 0.338 e. The van der Waals surface area contributed by atoms with Crippen LogP contribution in [0.2, 0.25) is 0 Å². The van der Waals surface area contributed by atoms with Gasteiger partial charge in [-0.2, -0.15) is 0 Å². The summed E-state index contributed by atoms with van der Waals surface area (Å²) in [5.74, 6) is 0.775. The highest BCUT2D eigenvalue weighted by Crippen LogP contribution is 2.45. The summed E-state index contributed by atoms with van der Waals surface area (Å²) in [6.45, 7) is 25.7. The normalized spacial score (nSPS) is 19.3. The molecule has 3 aromatic carbocycles. The summed E-state index contributed by atoms with van der Waals surface area (Å²) >= 11 is 0. The van der Waals surface area contributed by atoms with Crippen molar-refractivity contribution < 1.29 is 19.7 Å². The van der Waals surface area contributed by atoms with Gasteiger partial charge in [0.05, 0.1) is 5.56 Å². The number of benzene rings is 3. The summed E-state index contributed by atoms with van der Waals surface area (Å²) in [5, 5.41) is 22.7. The van der Waals surface area contributed by atoms with Gasteiger partial charge in [-0.3, -0.25) is 0 Å². The molecule has 0 saturated heterocycles. The lowest BCUT2D eigenvalue weighted by molar-refractivity contribution is 0.00744. The molecule has 0 aromatic heterocycles. The van der Waals surface area contributed by atoms with Crippen molar-refractivity contribution >= 4 is 5.97 Å². The third-order valence-electron chi connectivity index (χ3n) is 9.66. The maximum absolute atomic E-state index is 13.5. The summed E-state index contributed by atoms with van der Waals surface area (Å²) in [4.78, 5) is 13.5. The Hall–Kier alpha value is -3.27. The molecule has 0 amide bonds. The second kappa shape index (κ2) is 12.7. The first-order valence-corrected chi connectivity index (χ1v) is 17.1. The van der Waals surface area contributed by atoms with E-state index < -0.39 is 0 Å². The number of rotatable bonds is 6. The predicted molar refractivity (Wildman–Crippen MR) is 190 cm³/mol. The van der Waals surface area contributed by atoms with Crippen LogP contribution in [0.5, 0.6) is 11.5 Å². The number of esters is 1. The highest BCUT2D eigenvalue weighted by atomic mass is 16.5. The second-order valence-electron chi connectivity index (χ2n) is 17.8. The zero-order valence-corrected chi connectivity index (χ0v) is 30.5. The lowest BCUT2D eigenvalue weighted by atomic mass is 9.77. The summed E-state index contributed by atoms with van der Waals surface area (Å²) in [7, 11) is 0. The minimum atomic E-state index is -0.282. The number of carbonyl (C=O) groups is 1. The summed E-state index contributed by atoms with van der Waals surface area (Å²) in [6.07, 6.45) is 3.18. The number of phenolic OH excluding ortho intramolecular Hbond substituents is 2. The lowest BCUT2D eigenvalue weighted by Gasteiger charge is -2.30. The van der Waals surface area contributed by atoms with Crippen LogP contribution in [0.25, 0.3) is 0 Å². The average molecular weight is 627 g/mol. The highest BCUT2D eigenvalue weighted by Gasteiger charge is 2.40. The molecule has 0 radical (unpaired) electrons. The van der Waals surface area contributed by atoms with E-state index >= 15 is 0 Å². The van der Waals surface area contributed by atoms with E-state index in [4.69, 9.17) is 4.74 Å². The molecule has 0 aliphatic heterocycles. The van der Waals surface area contributed by atoms with Gasteiger partial charge in [0.25, 0.3) is 0 Å². The van der Waals surface area contributed by atoms with Gasteiger partial charge in [-0.25, -0.2) is 4.79 Å². The minimum absolute atomic E-state index is 0.143. The summed E-state index contributed by atoms with van der Waals surface area (Å²) < 4.78 is 6.47. The number of phenols is 2.